The lowest BCUT2D eigenvalue weighted by Crippen LogP contribution is -2.14. The highest BCUT2D eigenvalue weighted by Crippen LogP contribution is 2.22. The Morgan fingerprint density at radius 3 is 2.72 bits per heavy atom. The van der Waals surface area contributed by atoms with E-state index in [1.807, 2.05) is 18.2 Å². The number of nitrogens with one attached hydrogen (secondary N) is 1. The van der Waals surface area contributed by atoms with Crippen LogP contribution >= 0.6 is 11.6 Å². The van der Waals surface area contributed by atoms with Crippen molar-refractivity contribution in [3.05, 3.63) is 28.8 Å². The van der Waals surface area contributed by atoms with Gasteiger partial charge in [0.25, 0.3) is 0 Å². The van der Waals surface area contributed by atoms with Crippen LogP contribution in [0.3, 0.4) is 0 Å². The molecule has 0 aliphatic carbocycles. The zero-order valence-electron chi connectivity index (χ0n) is 11.5. The van der Waals surface area contributed by atoms with Gasteiger partial charge in [-0.25, -0.2) is 0 Å². The van der Waals surface area contributed by atoms with Crippen LogP contribution in [0.5, 0.6) is 5.75 Å². The van der Waals surface area contributed by atoms with E-state index in [9.17, 15) is 0 Å². The number of benzene rings is 1. The van der Waals surface area contributed by atoms with Gasteiger partial charge in [-0.2, -0.15) is 0 Å². The van der Waals surface area contributed by atoms with E-state index in [-0.39, 0.29) is 0 Å². The molecular formula is C15H24ClNO. The summed E-state index contributed by atoms with van der Waals surface area (Å²) in [7, 11) is 0. The maximum atomic E-state index is 6.07. The minimum Gasteiger partial charge on any atom is -0.494 e. The van der Waals surface area contributed by atoms with Crippen molar-refractivity contribution in [2.24, 2.45) is 0 Å². The highest BCUT2D eigenvalue weighted by Gasteiger charge is 2.00. The Balaban J connectivity index is 2.19. The van der Waals surface area contributed by atoms with Crippen LogP contribution in [0.25, 0.3) is 0 Å². The van der Waals surface area contributed by atoms with Crippen molar-refractivity contribution >= 4 is 11.6 Å². The first kappa shape index (κ1) is 15.3. The molecule has 0 heterocycles. The summed E-state index contributed by atoms with van der Waals surface area (Å²) in [6.07, 6.45) is 4.48. The third-order valence-electron chi connectivity index (χ3n) is 2.91. The fourth-order valence-electron chi connectivity index (χ4n) is 1.81. The average molecular weight is 270 g/mol. The molecule has 0 amide bonds. The summed E-state index contributed by atoms with van der Waals surface area (Å²) in [5.74, 6) is 0.933. The Morgan fingerprint density at radius 1 is 1.17 bits per heavy atom. The summed E-state index contributed by atoms with van der Waals surface area (Å²) < 4.78 is 5.73. The van der Waals surface area contributed by atoms with Crippen LogP contribution in [-0.4, -0.2) is 19.7 Å². The predicted octanol–water partition coefficient (Wildman–Crippen LogP) is 4.06. The molecule has 102 valence electrons. The molecule has 0 aromatic heterocycles. The van der Waals surface area contributed by atoms with E-state index in [2.05, 4.69) is 19.2 Å². The van der Waals surface area contributed by atoms with Crippen molar-refractivity contribution in [3.8, 4) is 5.75 Å². The monoisotopic (exact) mass is 269 g/mol. The molecule has 3 heteroatoms. The number of hydrogen-bond donors (Lipinski definition) is 1. The zero-order valence-corrected chi connectivity index (χ0v) is 12.2. The van der Waals surface area contributed by atoms with Gasteiger partial charge in [-0.1, -0.05) is 25.4 Å². The van der Waals surface area contributed by atoms with Crippen molar-refractivity contribution in [2.75, 3.05) is 19.7 Å². The molecule has 0 unspecified atom stereocenters. The van der Waals surface area contributed by atoms with Gasteiger partial charge in [0.05, 0.1) is 6.61 Å². The number of halogens is 1. The Kier molecular flexibility index (Phi) is 7.86. The van der Waals surface area contributed by atoms with E-state index >= 15 is 0 Å². The summed E-state index contributed by atoms with van der Waals surface area (Å²) in [4.78, 5) is 0. The quantitative estimate of drug-likeness (QED) is 0.683. The molecule has 0 radical (unpaired) electrons. The van der Waals surface area contributed by atoms with Crippen LogP contribution in [-0.2, 0) is 6.42 Å². The predicted molar refractivity (Wildman–Crippen MR) is 78.7 cm³/mol. The molecule has 2 nitrogen and oxygen atoms in total. The summed E-state index contributed by atoms with van der Waals surface area (Å²) in [5, 5.41) is 4.15. The van der Waals surface area contributed by atoms with Gasteiger partial charge in [-0.05, 0) is 62.5 Å². The van der Waals surface area contributed by atoms with Gasteiger partial charge in [0, 0.05) is 5.02 Å². The van der Waals surface area contributed by atoms with Crippen LogP contribution < -0.4 is 10.1 Å². The van der Waals surface area contributed by atoms with Crippen LogP contribution in [0, 0.1) is 0 Å². The first-order chi connectivity index (χ1) is 8.77. The summed E-state index contributed by atoms with van der Waals surface area (Å²) in [5.41, 5.74) is 1.15. The third-order valence-corrected chi connectivity index (χ3v) is 3.28. The topological polar surface area (TPSA) is 21.3 Å². The van der Waals surface area contributed by atoms with E-state index in [0.717, 1.165) is 48.9 Å². The highest BCUT2D eigenvalue weighted by atomic mass is 35.5. The van der Waals surface area contributed by atoms with Crippen LogP contribution in [0.2, 0.25) is 5.02 Å². The minimum absolute atomic E-state index is 0.789. The maximum absolute atomic E-state index is 6.07. The molecule has 0 spiro atoms. The third kappa shape index (κ3) is 5.74. The van der Waals surface area contributed by atoms with Crippen molar-refractivity contribution in [1.82, 2.24) is 5.32 Å². The van der Waals surface area contributed by atoms with Crippen molar-refractivity contribution in [1.29, 1.82) is 0 Å². The molecule has 0 atom stereocenters. The molecule has 0 aliphatic rings. The van der Waals surface area contributed by atoms with E-state index < -0.39 is 0 Å². The van der Waals surface area contributed by atoms with Crippen molar-refractivity contribution in [2.45, 2.75) is 39.5 Å². The fourth-order valence-corrected chi connectivity index (χ4v) is 2.06. The lowest BCUT2D eigenvalue weighted by atomic mass is 10.1. The SMILES string of the molecule is CCNCCCCCOc1ccc(Cl)c(CC)c1. The normalized spacial score (nSPS) is 10.6. The van der Waals surface area contributed by atoms with Crippen LogP contribution in [0.4, 0.5) is 0 Å². The first-order valence-corrected chi connectivity index (χ1v) is 7.27. The van der Waals surface area contributed by atoms with Gasteiger partial charge in [-0.3, -0.25) is 0 Å². The minimum atomic E-state index is 0.789. The summed E-state index contributed by atoms with van der Waals surface area (Å²) >= 11 is 6.07. The zero-order chi connectivity index (χ0) is 13.2. The Hall–Kier alpha value is -0.730. The molecule has 0 aliphatic heterocycles. The van der Waals surface area contributed by atoms with E-state index in [1.165, 1.54) is 12.8 Å². The summed E-state index contributed by atoms with van der Waals surface area (Å²) in [6, 6.07) is 5.90. The molecule has 0 bridgehead atoms. The number of unbranched alkanes of at least 4 members (excludes halogenated alkanes) is 2. The molecule has 18 heavy (non-hydrogen) atoms. The fraction of sp³-hybridized carbons (Fsp3) is 0.600. The lowest BCUT2D eigenvalue weighted by molar-refractivity contribution is 0.304. The molecule has 0 saturated carbocycles. The second-order valence-electron chi connectivity index (χ2n) is 4.37. The Labute approximate surface area is 116 Å². The summed E-state index contributed by atoms with van der Waals surface area (Å²) in [6.45, 7) is 7.19. The molecular weight excluding hydrogens is 246 g/mol. The number of hydrogen-bond acceptors (Lipinski definition) is 2. The molecule has 1 N–H and O–H groups in total. The first-order valence-electron chi connectivity index (χ1n) is 6.89. The second-order valence-corrected chi connectivity index (χ2v) is 4.78. The molecule has 0 saturated heterocycles. The number of aryl methyl sites for hydroxylation is 1. The van der Waals surface area contributed by atoms with Crippen molar-refractivity contribution in [3.63, 3.8) is 0 Å². The van der Waals surface area contributed by atoms with Gasteiger partial charge in [0.2, 0.25) is 0 Å². The number of ether oxygens (including phenoxy) is 1. The van der Waals surface area contributed by atoms with E-state index in [1.54, 1.807) is 0 Å². The standard InChI is InChI=1S/C15H24ClNO/c1-3-13-12-14(8-9-15(13)16)18-11-7-5-6-10-17-4-2/h8-9,12,17H,3-7,10-11H2,1-2H3. The van der Waals surface area contributed by atoms with Crippen molar-refractivity contribution < 1.29 is 4.74 Å². The van der Waals surface area contributed by atoms with Gasteiger partial charge < -0.3 is 10.1 Å². The highest BCUT2D eigenvalue weighted by molar-refractivity contribution is 6.31. The van der Waals surface area contributed by atoms with Crippen LogP contribution in [0.1, 0.15) is 38.7 Å². The van der Waals surface area contributed by atoms with Gasteiger partial charge in [0.1, 0.15) is 5.75 Å². The average Bonchev–Trinajstić information content (AvgIpc) is 2.39. The largest absolute Gasteiger partial charge is 0.494 e. The molecule has 1 aromatic carbocycles. The number of rotatable bonds is 9. The van der Waals surface area contributed by atoms with Gasteiger partial charge in [-0.15, -0.1) is 0 Å². The Morgan fingerprint density at radius 2 is 2.00 bits per heavy atom. The lowest BCUT2D eigenvalue weighted by Gasteiger charge is -2.08. The van der Waals surface area contributed by atoms with E-state index in [0.29, 0.717) is 0 Å². The molecule has 1 aromatic rings. The van der Waals surface area contributed by atoms with Crippen LogP contribution in [0.15, 0.2) is 18.2 Å². The van der Waals surface area contributed by atoms with Gasteiger partial charge >= 0.3 is 0 Å². The second kappa shape index (κ2) is 9.23. The molecule has 1 rings (SSSR count). The molecule has 0 fully saturated rings. The maximum Gasteiger partial charge on any atom is 0.119 e. The smallest absolute Gasteiger partial charge is 0.119 e. The van der Waals surface area contributed by atoms with Gasteiger partial charge in [0.15, 0.2) is 0 Å². The van der Waals surface area contributed by atoms with E-state index in [4.69, 9.17) is 16.3 Å². The Bertz CT molecular complexity index is 341.